The van der Waals surface area contributed by atoms with E-state index in [0.29, 0.717) is 31.8 Å². The van der Waals surface area contributed by atoms with Gasteiger partial charge in [0.05, 0.1) is 18.7 Å². The predicted molar refractivity (Wildman–Crippen MR) is 105 cm³/mol. The molecule has 2 amide bonds. The standard InChI is InChI=1S/C20H29N3O3/c1-6-22(7-2)20(25)23(8-9-26-5)13-17-12-16-11-14(3)10-15(4)18(16)21-19(17)24/h10-12H,6-9,13H2,1-5H3,(H,21,24). The fraction of sp³-hybridized carbons (Fsp3) is 0.500. The van der Waals surface area contributed by atoms with Crippen LogP contribution in [-0.2, 0) is 11.3 Å². The van der Waals surface area contributed by atoms with E-state index in [1.165, 1.54) is 0 Å². The topological polar surface area (TPSA) is 65.6 Å². The number of nitrogens with zero attached hydrogens (tertiary/aromatic N) is 2. The molecule has 0 saturated carbocycles. The second kappa shape index (κ2) is 8.85. The second-order valence-electron chi connectivity index (χ2n) is 6.54. The zero-order chi connectivity index (χ0) is 19.3. The molecule has 0 bridgehead atoms. The van der Waals surface area contributed by atoms with Gasteiger partial charge in [0.2, 0.25) is 0 Å². The first-order valence-electron chi connectivity index (χ1n) is 9.07. The Morgan fingerprint density at radius 3 is 2.42 bits per heavy atom. The molecule has 2 rings (SSSR count). The highest BCUT2D eigenvalue weighted by Gasteiger charge is 2.20. The zero-order valence-electron chi connectivity index (χ0n) is 16.4. The average Bonchev–Trinajstić information content (AvgIpc) is 2.60. The van der Waals surface area contributed by atoms with Crippen LogP contribution in [0.5, 0.6) is 0 Å². The molecule has 2 aromatic rings. The summed E-state index contributed by atoms with van der Waals surface area (Å²) in [6.07, 6.45) is 0. The molecule has 0 aliphatic rings. The van der Waals surface area contributed by atoms with Crippen molar-refractivity contribution in [1.82, 2.24) is 14.8 Å². The van der Waals surface area contributed by atoms with Gasteiger partial charge in [-0.15, -0.1) is 0 Å². The molecule has 0 saturated heterocycles. The van der Waals surface area contributed by atoms with E-state index in [1.54, 1.807) is 16.9 Å². The lowest BCUT2D eigenvalue weighted by atomic mass is 10.1. The molecule has 0 atom stereocenters. The van der Waals surface area contributed by atoms with Crippen molar-refractivity contribution in [3.05, 3.63) is 45.2 Å². The maximum absolute atomic E-state index is 12.8. The van der Waals surface area contributed by atoms with E-state index in [-0.39, 0.29) is 18.1 Å². The van der Waals surface area contributed by atoms with Crippen molar-refractivity contribution < 1.29 is 9.53 Å². The molecule has 6 heteroatoms. The van der Waals surface area contributed by atoms with Crippen LogP contribution in [0.3, 0.4) is 0 Å². The number of fused-ring (bicyclic) bond motifs is 1. The third kappa shape index (κ3) is 4.43. The molecule has 142 valence electrons. The van der Waals surface area contributed by atoms with Crippen LogP contribution in [0.1, 0.15) is 30.5 Å². The first kappa shape index (κ1) is 20.0. The Balaban J connectivity index is 2.39. The Kier molecular flexibility index (Phi) is 6.80. The van der Waals surface area contributed by atoms with Gasteiger partial charge in [-0.1, -0.05) is 11.6 Å². The number of H-pyrrole nitrogens is 1. The van der Waals surface area contributed by atoms with Crippen LogP contribution in [-0.4, -0.2) is 54.2 Å². The number of carbonyl (C=O) groups excluding carboxylic acids is 1. The summed E-state index contributed by atoms with van der Waals surface area (Å²) in [5, 5.41) is 0.985. The highest BCUT2D eigenvalue weighted by Crippen LogP contribution is 2.18. The van der Waals surface area contributed by atoms with Gasteiger partial charge >= 0.3 is 6.03 Å². The van der Waals surface area contributed by atoms with Crippen LogP contribution in [0.4, 0.5) is 4.79 Å². The van der Waals surface area contributed by atoms with E-state index in [9.17, 15) is 9.59 Å². The molecule has 26 heavy (non-hydrogen) atoms. The van der Waals surface area contributed by atoms with Crippen molar-refractivity contribution in [2.75, 3.05) is 33.4 Å². The highest BCUT2D eigenvalue weighted by atomic mass is 16.5. The molecular weight excluding hydrogens is 330 g/mol. The van der Waals surface area contributed by atoms with E-state index >= 15 is 0 Å². The molecule has 1 aromatic carbocycles. The van der Waals surface area contributed by atoms with E-state index < -0.39 is 0 Å². The quantitative estimate of drug-likeness (QED) is 0.826. The fourth-order valence-corrected chi connectivity index (χ4v) is 3.19. The minimum Gasteiger partial charge on any atom is -0.383 e. The highest BCUT2D eigenvalue weighted by molar-refractivity contribution is 5.83. The molecule has 0 aliphatic heterocycles. The van der Waals surface area contributed by atoms with Crippen molar-refractivity contribution in [3.63, 3.8) is 0 Å². The molecule has 0 aliphatic carbocycles. The van der Waals surface area contributed by atoms with Gasteiger partial charge in [-0.3, -0.25) is 4.79 Å². The van der Waals surface area contributed by atoms with Crippen LogP contribution in [0, 0.1) is 13.8 Å². The SMILES string of the molecule is CCN(CC)C(=O)N(CCOC)Cc1cc2cc(C)cc(C)c2[nH]c1=O. The first-order chi connectivity index (χ1) is 12.4. The van der Waals surface area contributed by atoms with E-state index in [1.807, 2.05) is 45.9 Å². The molecule has 1 N–H and O–H groups in total. The number of aromatic nitrogens is 1. The molecule has 6 nitrogen and oxygen atoms in total. The minimum absolute atomic E-state index is 0.0769. The number of nitrogens with one attached hydrogen (secondary N) is 1. The lowest BCUT2D eigenvalue weighted by Crippen LogP contribution is -2.44. The number of aromatic amines is 1. The van der Waals surface area contributed by atoms with Gasteiger partial charge in [-0.05, 0) is 50.8 Å². The number of carbonyl (C=O) groups is 1. The van der Waals surface area contributed by atoms with Crippen molar-refractivity contribution in [2.24, 2.45) is 0 Å². The number of rotatable bonds is 7. The van der Waals surface area contributed by atoms with Crippen LogP contribution in [0.2, 0.25) is 0 Å². The van der Waals surface area contributed by atoms with Gasteiger partial charge in [0.1, 0.15) is 0 Å². The van der Waals surface area contributed by atoms with Gasteiger partial charge in [-0.2, -0.15) is 0 Å². The largest absolute Gasteiger partial charge is 0.383 e. The van der Waals surface area contributed by atoms with Gasteiger partial charge < -0.3 is 19.5 Å². The number of aryl methyl sites for hydroxylation is 2. The number of pyridine rings is 1. The van der Waals surface area contributed by atoms with Crippen molar-refractivity contribution in [1.29, 1.82) is 0 Å². The van der Waals surface area contributed by atoms with Gasteiger partial charge in [-0.25, -0.2) is 4.79 Å². The van der Waals surface area contributed by atoms with E-state index in [0.717, 1.165) is 22.0 Å². The number of hydrogen-bond donors (Lipinski definition) is 1. The molecular formula is C20H29N3O3. The van der Waals surface area contributed by atoms with Crippen molar-refractivity contribution in [3.8, 4) is 0 Å². The van der Waals surface area contributed by atoms with Crippen LogP contribution < -0.4 is 5.56 Å². The number of methoxy groups -OCH3 is 1. The Hall–Kier alpha value is -2.34. The Bertz CT molecular complexity index is 825. The summed E-state index contributed by atoms with van der Waals surface area (Å²) in [6.45, 7) is 10.3. The summed E-state index contributed by atoms with van der Waals surface area (Å²) in [7, 11) is 1.61. The van der Waals surface area contributed by atoms with E-state index in [2.05, 4.69) is 4.98 Å². The maximum atomic E-state index is 12.8. The molecule has 1 heterocycles. The zero-order valence-corrected chi connectivity index (χ0v) is 16.4. The van der Waals surface area contributed by atoms with Gasteiger partial charge in [0.25, 0.3) is 5.56 Å². The smallest absolute Gasteiger partial charge is 0.320 e. The summed E-state index contributed by atoms with van der Waals surface area (Å²) in [6, 6.07) is 5.91. The monoisotopic (exact) mass is 359 g/mol. The number of benzene rings is 1. The predicted octanol–water partition coefficient (Wildman–Crippen LogP) is 3.06. The Morgan fingerprint density at radius 1 is 1.12 bits per heavy atom. The summed E-state index contributed by atoms with van der Waals surface area (Å²) in [5.74, 6) is 0. The van der Waals surface area contributed by atoms with Crippen LogP contribution in [0.25, 0.3) is 10.9 Å². The van der Waals surface area contributed by atoms with Crippen LogP contribution in [0.15, 0.2) is 23.0 Å². The van der Waals surface area contributed by atoms with Gasteiger partial charge in [0.15, 0.2) is 0 Å². The summed E-state index contributed by atoms with van der Waals surface area (Å²) in [5.41, 5.74) is 3.46. The normalized spacial score (nSPS) is 11.0. The second-order valence-corrected chi connectivity index (χ2v) is 6.54. The maximum Gasteiger partial charge on any atom is 0.320 e. The molecule has 0 unspecified atom stereocenters. The molecule has 0 spiro atoms. The average molecular weight is 359 g/mol. The van der Waals surface area contributed by atoms with Crippen molar-refractivity contribution >= 4 is 16.9 Å². The summed E-state index contributed by atoms with van der Waals surface area (Å²) >= 11 is 0. The molecule has 0 fully saturated rings. The van der Waals surface area contributed by atoms with Gasteiger partial charge in [0, 0.05) is 32.3 Å². The van der Waals surface area contributed by atoms with E-state index in [4.69, 9.17) is 4.74 Å². The molecule has 0 radical (unpaired) electrons. The number of amides is 2. The minimum atomic E-state index is -0.154. The fourth-order valence-electron chi connectivity index (χ4n) is 3.19. The Morgan fingerprint density at radius 2 is 1.81 bits per heavy atom. The third-order valence-electron chi connectivity index (χ3n) is 4.60. The number of urea groups is 1. The Labute approximate surface area is 154 Å². The number of ether oxygens (including phenoxy) is 1. The third-order valence-corrected chi connectivity index (χ3v) is 4.60. The lowest BCUT2D eigenvalue weighted by Gasteiger charge is -2.29. The summed E-state index contributed by atoms with van der Waals surface area (Å²) < 4.78 is 5.14. The number of hydrogen-bond acceptors (Lipinski definition) is 3. The first-order valence-corrected chi connectivity index (χ1v) is 9.07. The summed E-state index contributed by atoms with van der Waals surface area (Å²) in [4.78, 5) is 31.8. The lowest BCUT2D eigenvalue weighted by molar-refractivity contribution is 0.124. The van der Waals surface area contributed by atoms with Crippen LogP contribution >= 0.6 is 0 Å². The molecule has 1 aromatic heterocycles. The van der Waals surface area contributed by atoms with Crippen molar-refractivity contribution in [2.45, 2.75) is 34.2 Å².